The number of rotatable bonds is 3. The molecule has 0 aliphatic rings. The van der Waals surface area contributed by atoms with Gasteiger partial charge in [0.15, 0.2) is 5.43 Å². The molecule has 3 rings (SSSR count). The number of para-hydroxylation sites is 2. The second-order valence-electron chi connectivity index (χ2n) is 4.57. The summed E-state index contributed by atoms with van der Waals surface area (Å²) in [7, 11) is 0. The number of pyridine rings is 1. The van der Waals surface area contributed by atoms with Gasteiger partial charge in [0.05, 0.1) is 12.1 Å². The van der Waals surface area contributed by atoms with Gasteiger partial charge >= 0.3 is 0 Å². The number of fused-ring (bicyclic) bond motifs is 1. The molecule has 0 radical (unpaired) electrons. The lowest BCUT2D eigenvalue weighted by Crippen LogP contribution is -2.11. The first kappa shape index (κ1) is 16.4. The number of hydrogen-bond donors (Lipinski definition) is 0. The Morgan fingerprint density at radius 2 is 1.74 bits per heavy atom. The summed E-state index contributed by atoms with van der Waals surface area (Å²) in [6.45, 7) is 2.66. The third kappa shape index (κ3) is 3.83. The van der Waals surface area contributed by atoms with E-state index in [0.717, 1.165) is 6.07 Å². The van der Waals surface area contributed by atoms with Crippen molar-refractivity contribution < 1.29 is 13.9 Å². The van der Waals surface area contributed by atoms with Crippen LogP contribution in [-0.2, 0) is 9.53 Å². The van der Waals surface area contributed by atoms with E-state index >= 15 is 0 Å². The molecule has 1 heterocycles. The number of carbonyl (C=O) groups excluding carboxylic acids is 1. The fourth-order valence-corrected chi connectivity index (χ4v) is 2.15. The topological polar surface area (TPSA) is 48.3 Å². The van der Waals surface area contributed by atoms with Crippen LogP contribution >= 0.6 is 0 Å². The van der Waals surface area contributed by atoms with Gasteiger partial charge in [-0.15, -0.1) is 0 Å². The van der Waals surface area contributed by atoms with Crippen molar-refractivity contribution in [3.63, 3.8) is 0 Å². The molecule has 0 bridgehead atoms. The third-order valence-electron chi connectivity index (χ3n) is 3.12. The van der Waals surface area contributed by atoms with Crippen LogP contribution in [0.5, 0.6) is 0 Å². The molecular formula is C18H16FNO3. The number of nitrogens with zero attached hydrogens (tertiary/aromatic N) is 1. The molecule has 0 aliphatic carbocycles. The lowest BCUT2D eigenvalue weighted by molar-refractivity contribution is -0.128. The Balaban J connectivity index is 0.000000338. The first-order chi connectivity index (χ1) is 11.2. The van der Waals surface area contributed by atoms with E-state index in [0.29, 0.717) is 29.7 Å². The number of aromatic nitrogens is 1. The predicted octanol–water partition coefficient (Wildman–Crippen LogP) is 3.31. The van der Waals surface area contributed by atoms with Crippen molar-refractivity contribution >= 4 is 17.4 Å². The zero-order valence-corrected chi connectivity index (χ0v) is 12.6. The lowest BCUT2D eigenvalue weighted by Gasteiger charge is -2.11. The van der Waals surface area contributed by atoms with Crippen LogP contribution < -0.4 is 5.43 Å². The maximum atomic E-state index is 14.0. The molecular weight excluding hydrogens is 297 g/mol. The molecule has 3 aromatic rings. The second-order valence-corrected chi connectivity index (χ2v) is 4.57. The zero-order valence-electron chi connectivity index (χ0n) is 12.6. The average molecular weight is 313 g/mol. The van der Waals surface area contributed by atoms with Gasteiger partial charge in [-0.05, 0) is 31.2 Å². The first-order valence-electron chi connectivity index (χ1n) is 7.10. The van der Waals surface area contributed by atoms with Crippen molar-refractivity contribution in [1.29, 1.82) is 0 Å². The Bertz CT molecular complexity index is 844. The highest BCUT2D eigenvalue weighted by molar-refractivity contribution is 5.80. The summed E-state index contributed by atoms with van der Waals surface area (Å²) in [6, 6.07) is 17.2. The van der Waals surface area contributed by atoms with Crippen LogP contribution in [0.4, 0.5) is 4.39 Å². The van der Waals surface area contributed by atoms with Crippen LogP contribution in [-0.4, -0.2) is 17.6 Å². The largest absolute Gasteiger partial charge is 0.468 e. The number of halogens is 1. The first-order valence-corrected chi connectivity index (χ1v) is 7.10. The summed E-state index contributed by atoms with van der Waals surface area (Å²) in [6.07, 6.45) is 0. The Hall–Kier alpha value is -2.95. The normalized spacial score (nSPS) is 9.83. The van der Waals surface area contributed by atoms with E-state index in [4.69, 9.17) is 0 Å². The maximum absolute atomic E-state index is 14.0. The fourth-order valence-electron chi connectivity index (χ4n) is 2.15. The van der Waals surface area contributed by atoms with E-state index in [1.807, 2.05) is 18.2 Å². The molecule has 0 saturated heterocycles. The molecule has 1 aromatic heterocycles. The van der Waals surface area contributed by atoms with E-state index in [1.165, 1.54) is 4.57 Å². The van der Waals surface area contributed by atoms with Crippen LogP contribution in [0.3, 0.4) is 0 Å². The van der Waals surface area contributed by atoms with Gasteiger partial charge in [-0.3, -0.25) is 14.2 Å². The molecule has 0 N–H and O–H groups in total. The highest BCUT2D eigenvalue weighted by atomic mass is 19.1. The number of carbonyl (C=O) groups is 1. The Labute approximate surface area is 132 Å². The van der Waals surface area contributed by atoms with E-state index in [-0.39, 0.29) is 5.43 Å². The van der Waals surface area contributed by atoms with Gasteiger partial charge < -0.3 is 4.74 Å². The molecule has 5 heteroatoms. The van der Waals surface area contributed by atoms with Crippen LogP contribution in [0.15, 0.2) is 65.5 Å². The van der Waals surface area contributed by atoms with Crippen molar-refractivity contribution in [1.82, 2.24) is 4.57 Å². The second kappa shape index (κ2) is 7.89. The minimum atomic E-state index is -0.551. The Kier molecular flexibility index (Phi) is 5.63. The molecule has 0 unspecified atom stereocenters. The van der Waals surface area contributed by atoms with Crippen LogP contribution in [0, 0.1) is 5.95 Å². The molecule has 23 heavy (non-hydrogen) atoms. The van der Waals surface area contributed by atoms with Crippen molar-refractivity contribution in [3.8, 4) is 5.69 Å². The van der Waals surface area contributed by atoms with Gasteiger partial charge in [0, 0.05) is 17.1 Å². The van der Waals surface area contributed by atoms with Gasteiger partial charge in [0.1, 0.15) is 0 Å². The van der Waals surface area contributed by atoms with Gasteiger partial charge in [0.2, 0.25) is 5.95 Å². The standard InChI is InChI=1S/C15H10FNO.C3H6O2/c16-15-10-14(18)12-8-4-5-9-13(12)17(15)11-6-2-1-3-7-11;1-2-5-3-4/h1-10H;3H,2H2,1H3. The molecule has 0 fully saturated rings. The zero-order chi connectivity index (χ0) is 16.7. The SMILES string of the molecule is CCOC=O.O=c1cc(F)n(-c2ccccc2)c2ccccc12. The van der Waals surface area contributed by atoms with Crippen molar-refractivity contribution in [3.05, 3.63) is 76.8 Å². The average Bonchev–Trinajstić information content (AvgIpc) is 2.57. The van der Waals surface area contributed by atoms with Gasteiger partial charge in [0.25, 0.3) is 6.47 Å². The van der Waals surface area contributed by atoms with E-state index in [9.17, 15) is 14.0 Å². The molecule has 0 spiro atoms. The number of ether oxygens (including phenoxy) is 1. The van der Waals surface area contributed by atoms with E-state index < -0.39 is 5.95 Å². The highest BCUT2D eigenvalue weighted by Gasteiger charge is 2.09. The molecule has 0 saturated carbocycles. The van der Waals surface area contributed by atoms with Crippen molar-refractivity contribution in [2.24, 2.45) is 0 Å². The van der Waals surface area contributed by atoms with Crippen LogP contribution in [0.1, 0.15) is 6.92 Å². The fraction of sp³-hybridized carbons (Fsp3) is 0.111. The Morgan fingerprint density at radius 3 is 2.35 bits per heavy atom. The molecule has 4 nitrogen and oxygen atoms in total. The predicted molar refractivity (Wildman–Crippen MR) is 87.2 cm³/mol. The van der Waals surface area contributed by atoms with E-state index in [1.54, 1.807) is 43.3 Å². The summed E-state index contributed by atoms with van der Waals surface area (Å²) < 4.78 is 19.6. The minimum absolute atomic E-state index is 0.296. The number of hydrogen-bond acceptors (Lipinski definition) is 3. The van der Waals surface area contributed by atoms with Crippen LogP contribution in [0.25, 0.3) is 16.6 Å². The quantitative estimate of drug-likeness (QED) is 0.550. The molecule has 0 aliphatic heterocycles. The van der Waals surface area contributed by atoms with Crippen LogP contribution in [0.2, 0.25) is 0 Å². The summed E-state index contributed by atoms with van der Waals surface area (Å²) >= 11 is 0. The third-order valence-corrected chi connectivity index (χ3v) is 3.12. The molecule has 0 atom stereocenters. The summed E-state index contributed by atoms with van der Waals surface area (Å²) in [5.41, 5.74) is 0.982. The molecule has 2 aromatic carbocycles. The summed E-state index contributed by atoms with van der Waals surface area (Å²) in [5.74, 6) is -0.551. The maximum Gasteiger partial charge on any atom is 0.293 e. The summed E-state index contributed by atoms with van der Waals surface area (Å²) in [4.78, 5) is 20.9. The van der Waals surface area contributed by atoms with Gasteiger partial charge in [-0.2, -0.15) is 4.39 Å². The van der Waals surface area contributed by atoms with Gasteiger partial charge in [-0.1, -0.05) is 30.3 Å². The smallest absolute Gasteiger partial charge is 0.293 e. The minimum Gasteiger partial charge on any atom is -0.468 e. The van der Waals surface area contributed by atoms with Crippen molar-refractivity contribution in [2.45, 2.75) is 6.92 Å². The van der Waals surface area contributed by atoms with Gasteiger partial charge in [-0.25, -0.2) is 0 Å². The molecule has 0 amide bonds. The monoisotopic (exact) mass is 313 g/mol. The number of benzene rings is 2. The lowest BCUT2D eigenvalue weighted by atomic mass is 10.2. The summed E-state index contributed by atoms with van der Waals surface area (Å²) in [5, 5.41) is 0.516. The van der Waals surface area contributed by atoms with Crippen molar-refractivity contribution in [2.75, 3.05) is 6.61 Å². The molecule has 118 valence electrons. The Morgan fingerprint density at radius 1 is 1.09 bits per heavy atom. The van der Waals surface area contributed by atoms with E-state index in [2.05, 4.69) is 4.74 Å². The highest BCUT2D eigenvalue weighted by Crippen LogP contribution is 2.17.